The molecule has 4 heteroatoms. The Kier molecular flexibility index (Phi) is 7.02. The van der Waals surface area contributed by atoms with Crippen LogP contribution in [0.25, 0.3) is 0 Å². The van der Waals surface area contributed by atoms with Crippen molar-refractivity contribution in [1.29, 1.82) is 0 Å². The molecule has 2 aromatic carbocycles. The second-order valence-electron chi connectivity index (χ2n) is 10.3. The van der Waals surface area contributed by atoms with Crippen LogP contribution in [0, 0.1) is 5.92 Å². The highest BCUT2D eigenvalue weighted by Crippen LogP contribution is 2.40. The van der Waals surface area contributed by atoms with Gasteiger partial charge in [0.1, 0.15) is 0 Å². The van der Waals surface area contributed by atoms with Crippen molar-refractivity contribution < 1.29 is 14.4 Å². The zero-order valence-electron chi connectivity index (χ0n) is 19.7. The van der Waals surface area contributed by atoms with E-state index in [1.807, 2.05) is 35.2 Å². The first-order valence-electron chi connectivity index (χ1n) is 12.3. The summed E-state index contributed by atoms with van der Waals surface area (Å²) < 4.78 is 0.959. The molecule has 0 radical (unpaired) electrons. The third-order valence-electron chi connectivity index (χ3n) is 8.01. The fraction of sp³-hybridized carbons (Fsp3) is 0.536. The number of carbonyl (C=O) groups excluding carboxylic acids is 1. The van der Waals surface area contributed by atoms with E-state index in [2.05, 4.69) is 44.4 Å². The topological polar surface area (TPSA) is 43.4 Å². The van der Waals surface area contributed by atoms with Crippen LogP contribution in [0.5, 0.6) is 0 Å². The van der Waals surface area contributed by atoms with Gasteiger partial charge in [-0.2, -0.15) is 0 Å². The maximum atomic E-state index is 14.2. The molecule has 2 aliphatic rings. The molecule has 172 valence electrons. The summed E-state index contributed by atoms with van der Waals surface area (Å²) in [7, 11) is 4.62. The van der Waals surface area contributed by atoms with Crippen LogP contribution in [0.1, 0.15) is 49.7 Å². The van der Waals surface area contributed by atoms with Crippen molar-refractivity contribution in [3.63, 3.8) is 0 Å². The lowest BCUT2D eigenvalue weighted by Crippen LogP contribution is -2.62. The van der Waals surface area contributed by atoms with Gasteiger partial charge in [-0.15, -0.1) is 0 Å². The van der Waals surface area contributed by atoms with Gasteiger partial charge in [-0.1, -0.05) is 86.3 Å². The fourth-order valence-corrected chi connectivity index (χ4v) is 5.80. The van der Waals surface area contributed by atoms with E-state index in [-0.39, 0.29) is 11.8 Å². The maximum Gasteiger partial charge on any atom is 0.216 e. The number of likely N-dealkylation sites (tertiary alicyclic amines) is 1. The number of piperidine rings is 1. The molecule has 0 aromatic heterocycles. The SMILES string of the molecule is C[N+](C)(CCc1ccccc1)C1CCN(C(=O)[C@]([O-])(c2ccccc2)C2CCCC2)CC1. The van der Waals surface area contributed by atoms with E-state index in [4.69, 9.17) is 0 Å². The molecule has 1 saturated carbocycles. The quantitative estimate of drug-likeness (QED) is 0.623. The monoisotopic (exact) mass is 434 g/mol. The molecular formula is C28H38N2O2. The van der Waals surface area contributed by atoms with Crippen LogP contribution < -0.4 is 5.11 Å². The zero-order chi connectivity index (χ0) is 22.6. The molecule has 4 rings (SSSR count). The van der Waals surface area contributed by atoms with Crippen molar-refractivity contribution in [2.75, 3.05) is 33.7 Å². The Hall–Kier alpha value is -2.17. The highest BCUT2D eigenvalue weighted by Gasteiger charge is 2.42. The number of benzene rings is 2. The fourth-order valence-electron chi connectivity index (χ4n) is 5.80. The number of hydrogen-bond donors (Lipinski definition) is 0. The van der Waals surface area contributed by atoms with Crippen LogP contribution in [-0.2, 0) is 16.8 Å². The Labute approximate surface area is 193 Å². The predicted octanol–water partition coefficient (Wildman–Crippen LogP) is 3.74. The number of carbonyl (C=O) groups is 1. The van der Waals surface area contributed by atoms with Gasteiger partial charge in [0, 0.05) is 32.4 Å². The van der Waals surface area contributed by atoms with Crippen LogP contribution in [0.3, 0.4) is 0 Å². The second-order valence-corrected chi connectivity index (χ2v) is 10.3. The first-order chi connectivity index (χ1) is 15.4. The van der Waals surface area contributed by atoms with E-state index in [1.165, 1.54) is 5.56 Å². The van der Waals surface area contributed by atoms with Crippen LogP contribution in [0.15, 0.2) is 60.7 Å². The molecule has 1 heterocycles. The Morgan fingerprint density at radius 2 is 1.50 bits per heavy atom. The van der Waals surface area contributed by atoms with E-state index in [0.717, 1.165) is 56.0 Å². The maximum absolute atomic E-state index is 14.2. The first-order valence-corrected chi connectivity index (χ1v) is 12.3. The summed E-state index contributed by atoms with van der Waals surface area (Å²) in [6.07, 6.45) is 6.83. The number of nitrogens with zero attached hydrogens (tertiary/aromatic N) is 2. The number of hydrogen-bond acceptors (Lipinski definition) is 2. The Morgan fingerprint density at radius 3 is 2.09 bits per heavy atom. The normalized spacial score (nSPS) is 20.3. The van der Waals surface area contributed by atoms with Crippen molar-refractivity contribution in [2.24, 2.45) is 5.92 Å². The molecule has 1 saturated heterocycles. The van der Waals surface area contributed by atoms with Crippen molar-refractivity contribution >= 4 is 5.91 Å². The minimum absolute atomic E-state index is 0.0896. The van der Waals surface area contributed by atoms with Gasteiger partial charge in [0.15, 0.2) is 0 Å². The minimum atomic E-state index is -1.64. The summed E-state index contributed by atoms with van der Waals surface area (Å²) in [5, 5.41) is 14.2. The summed E-state index contributed by atoms with van der Waals surface area (Å²) >= 11 is 0. The van der Waals surface area contributed by atoms with Crippen LogP contribution in [0.2, 0.25) is 0 Å². The molecule has 0 unspecified atom stereocenters. The zero-order valence-corrected chi connectivity index (χ0v) is 19.7. The van der Waals surface area contributed by atoms with Crippen LogP contribution in [-0.4, -0.2) is 55.1 Å². The van der Waals surface area contributed by atoms with E-state index in [1.54, 1.807) is 0 Å². The molecule has 1 amide bonds. The largest absolute Gasteiger partial charge is 0.839 e. The molecule has 1 atom stereocenters. The summed E-state index contributed by atoms with van der Waals surface area (Å²) in [5.41, 5.74) is 0.391. The number of rotatable bonds is 7. The van der Waals surface area contributed by atoms with Gasteiger partial charge in [0.2, 0.25) is 5.91 Å². The number of amides is 1. The standard InChI is InChI=1S/C28H38N2O2/c1-30(2,22-19-23-11-5-3-6-12-23)26-17-20-29(21-18-26)27(31)28(32,25-15-9-10-16-25)24-13-7-4-8-14-24/h3-8,11-14,25-26H,9-10,15-22H2,1-2H3/t28-/m0/s1. The average Bonchev–Trinajstić information content (AvgIpc) is 3.39. The number of quaternary nitrogens is 1. The van der Waals surface area contributed by atoms with Gasteiger partial charge in [-0.3, -0.25) is 4.79 Å². The van der Waals surface area contributed by atoms with Gasteiger partial charge in [0.25, 0.3) is 0 Å². The first kappa shape index (κ1) is 23.0. The van der Waals surface area contributed by atoms with Crippen LogP contribution >= 0.6 is 0 Å². The molecule has 1 aliphatic carbocycles. The lowest BCUT2D eigenvalue weighted by atomic mass is 9.78. The molecule has 1 aliphatic heterocycles. The van der Waals surface area contributed by atoms with E-state index < -0.39 is 5.60 Å². The molecule has 0 N–H and O–H groups in total. The lowest BCUT2D eigenvalue weighted by Gasteiger charge is -2.50. The van der Waals surface area contributed by atoms with Gasteiger partial charge >= 0.3 is 0 Å². The van der Waals surface area contributed by atoms with Gasteiger partial charge in [0.05, 0.1) is 26.7 Å². The van der Waals surface area contributed by atoms with Crippen molar-refractivity contribution in [3.8, 4) is 0 Å². The van der Waals surface area contributed by atoms with Gasteiger partial charge in [-0.25, -0.2) is 0 Å². The summed E-state index contributed by atoms with van der Waals surface area (Å²) in [6.45, 7) is 2.47. The molecule has 2 aromatic rings. The molecule has 32 heavy (non-hydrogen) atoms. The highest BCUT2D eigenvalue weighted by atomic mass is 16.3. The average molecular weight is 435 g/mol. The predicted molar refractivity (Wildman–Crippen MR) is 127 cm³/mol. The molecule has 0 bridgehead atoms. The molecule has 4 nitrogen and oxygen atoms in total. The van der Waals surface area contributed by atoms with Crippen molar-refractivity contribution in [2.45, 2.75) is 56.6 Å². The van der Waals surface area contributed by atoms with E-state index in [9.17, 15) is 9.90 Å². The molecule has 2 fully saturated rings. The Bertz CT molecular complexity index is 869. The van der Waals surface area contributed by atoms with E-state index >= 15 is 0 Å². The number of likely N-dealkylation sites (N-methyl/N-ethyl adjacent to an activating group) is 1. The highest BCUT2D eigenvalue weighted by molar-refractivity contribution is 5.86. The van der Waals surface area contributed by atoms with Crippen LogP contribution in [0.4, 0.5) is 0 Å². The molecular weight excluding hydrogens is 396 g/mol. The van der Waals surface area contributed by atoms with Gasteiger partial charge in [-0.05, 0) is 22.6 Å². The minimum Gasteiger partial charge on any atom is -0.839 e. The Balaban J connectivity index is 1.41. The smallest absolute Gasteiger partial charge is 0.216 e. The summed E-state index contributed by atoms with van der Waals surface area (Å²) in [4.78, 5) is 15.6. The van der Waals surface area contributed by atoms with Crippen molar-refractivity contribution in [3.05, 3.63) is 71.8 Å². The summed E-state index contributed by atoms with van der Waals surface area (Å²) in [5.74, 6) is -0.281. The summed E-state index contributed by atoms with van der Waals surface area (Å²) in [6, 6.07) is 20.6. The lowest BCUT2D eigenvalue weighted by molar-refractivity contribution is -0.916. The second kappa shape index (κ2) is 9.76. The molecule has 0 spiro atoms. The third kappa shape index (κ3) is 4.77. The third-order valence-corrected chi connectivity index (χ3v) is 8.01. The Morgan fingerprint density at radius 1 is 0.938 bits per heavy atom. The van der Waals surface area contributed by atoms with Crippen molar-refractivity contribution in [1.82, 2.24) is 4.90 Å². The van der Waals surface area contributed by atoms with Gasteiger partial charge < -0.3 is 14.5 Å². The van der Waals surface area contributed by atoms with E-state index in [0.29, 0.717) is 24.7 Å².